The monoisotopic (exact) mass is 381 g/mol. The molecule has 0 atom stereocenters. The number of hydrogen-bond acceptors (Lipinski definition) is 2. The van der Waals surface area contributed by atoms with E-state index in [1.54, 1.807) is 6.07 Å². The van der Waals surface area contributed by atoms with Crippen LogP contribution in [0.4, 0.5) is 0 Å². The van der Waals surface area contributed by atoms with Gasteiger partial charge in [0.1, 0.15) is 5.75 Å². The van der Waals surface area contributed by atoms with Gasteiger partial charge in [-0.25, -0.2) is 0 Å². The Bertz CT molecular complexity index is 399. The molecule has 3 nitrogen and oxygen atoms in total. The number of phenolic OH excluding ortho intramolecular Hbond substituents is 1. The second-order valence-electron chi connectivity index (χ2n) is 4.02. The topological polar surface area (TPSA) is 49.3 Å². The van der Waals surface area contributed by atoms with Crippen LogP contribution in [0.3, 0.4) is 0 Å². The van der Waals surface area contributed by atoms with Gasteiger partial charge in [0.15, 0.2) is 0 Å². The lowest BCUT2D eigenvalue weighted by Crippen LogP contribution is -2.24. The summed E-state index contributed by atoms with van der Waals surface area (Å²) in [6, 6.07) is 4.50. The Balaban J connectivity index is 2.32. The van der Waals surface area contributed by atoms with Crippen LogP contribution < -0.4 is 5.32 Å². The van der Waals surface area contributed by atoms with E-state index in [0.717, 1.165) is 12.8 Å². The summed E-state index contributed by atoms with van der Waals surface area (Å²) in [6.07, 6.45) is 4.52. The van der Waals surface area contributed by atoms with E-state index in [-0.39, 0.29) is 17.2 Å². The SMILES string of the molecule is O=C(NCCCCCCI)c1ccc(Cl)cc1O. The summed E-state index contributed by atoms with van der Waals surface area (Å²) in [5, 5.41) is 12.8. The Morgan fingerprint density at radius 3 is 2.67 bits per heavy atom. The van der Waals surface area contributed by atoms with E-state index < -0.39 is 0 Å². The number of carbonyl (C=O) groups is 1. The molecule has 2 N–H and O–H groups in total. The third-order valence-corrected chi connectivity index (χ3v) is 3.55. The molecule has 100 valence electrons. The highest BCUT2D eigenvalue weighted by Crippen LogP contribution is 2.21. The predicted octanol–water partition coefficient (Wildman–Crippen LogP) is 3.77. The van der Waals surface area contributed by atoms with Gasteiger partial charge < -0.3 is 10.4 Å². The molecular formula is C13H17ClINO2. The molecule has 0 unspecified atom stereocenters. The maximum Gasteiger partial charge on any atom is 0.255 e. The zero-order valence-electron chi connectivity index (χ0n) is 10.1. The number of hydrogen-bond donors (Lipinski definition) is 2. The van der Waals surface area contributed by atoms with Gasteiger partial charge in [-0.1, -0.05) is 47.0 Å². The molecule has 0 aliphatic heterocycles. The summed E-state index contributed by atoms with van der Waals surface area (Å²) in [5.74, 6) is -0.331. The summed E-state index contributed by atoms with van der Waals surface area (Å²) >= 11 is 8.07. The molecular weight excluding hydrogens is 365 g/mol. The van der Waals surface area contributed by atoms with E-state index in [1.165, 1.54) is 29.4 Å². The van der Waals surface area contributed by atoms with Gasteiger partial charge in [-0.2, -0.15) is 0 Å². The van der Waals surface area contributed by atoms with Crippen molar-refractivity contribution in [3.8, 4) is 5.75 Å². The second kappa shape index (κ2) is 8.58. The standard InChI is InChI=1S/C13H17ClINO2/c14-10-5-6-11(12(17)9-10)13(18)16-8-4-2-1-3-7-15/h5-6,9,17H,1-4,7-8H2,(H,16,18). The Labute approximate surface area is 126 Å². The highest BCUT2D eigenvalue weighted by Gasteiger charge is 2.10. The number of alkyl halides is 1. The van der Waals surface area contributed by atoms with Crippen molar-refractivity contribution in [2.75, 3.05) is 11.0 Å². The lowest BCUT2D eigenvalue weighted by molar-refractivity contribution is 0.0950. The fourth-order valence-electron chi connectivity index (χ4n) is 1.57. The Morgan fingerprint density at radius 1 is 1.28 bits per heavy atom. The molecule has 1 amide bonds. The molecule has 0 radical (unpaired) electrons. The fraction of sp³-hybridized carbons (Fsp3) is 0.462. The molecule has 1 aromatic carbocycles. The van der Waals surface area contributed by atoms with Crippen molar-refractivity contribution in [3.05, 3.63) is 28.8 Å². The van der Waals surface area contributed by atoms with Gasteiger partial charge in [0.2, 0.25) is 0 Å². The number of aromatic hydroxyl groups is 1. The number of halogens is 2. The van der Waals surface area contributed by atoms with E-state index in [1.807, 2.05) is 0 Å². The molecule has 5 heteroatoms. The van der Waals surface area contributed by atoms with Crippen molar-refractivity contribution in [3.63, 3.8) is 0 Å². The molecule has 0 bridgehead atoms. The van der Waals surface area contributed by atoms with Gasteiger partial charge in [0.25, 0.3) is 5.91 Å². The van der Waals surface area contributed by atoms with Gasteiger partial charge >= 0.3 is 0 Å². The van der Waals surface area contributed by atoms with Crippen molar-refractivity contribution in [2.24, 2.45) is 0 Å². The molecule has 0 aromatic heterocycles. The normalized spacial score (nSPS) is 10.3. The van der Waals surface area contributed by atoms with Gasteiger partial charge in [0.05, 0.1) is 5.56 Å². The largest absolute Gasteiger partial charge is 0.507 e. The summed E-state index contributed by atoms with van der Waals surface area (Å²) in [5.41, 5.74) is 0.270. The van der Waals surface area contributed by atoms with Crippen LogP contribution in [0.2, 0.25) is 5.02 Å². The first kappa shape index (κ1) is 15.6. The minimum atomic E-state index is -0.252. The zero-order chi connectivity index (χ0) is 13.4. The smallest absolute Gasteiger partial charge is 0.255 e. The summed E-state index contributed by atoms with van der Waals surface area (Å²) in [7, 11) is 0. The first-order valence-corrected chi connectivity index (χ1v) is 7.88. The first-order valence-electron chi connectivity index (χ1n) is 5.98. The number of phenols is 1. The molecule has 0 fully saturated rings. The van der Waals surface area contributed by atoms with Crippen molar-refractivity contribution < 1.29 is 9.90 Å². The molecule has 0 saturated carbocycles. The zero-order valence-corrected chi connectivity index (χ0v) is 13.0. The number of rotatable bonds is 7. The third kappa shape index (κ3) is 5.44. The van der Waals surface area contributed by atoms with E-state index in [9.17, 15) is 9.90 Å². The maximum absolute atomic E-state index is 11.8. The van der Waals surface area contributed by atoms with Crippen LogP contribution in [-0.4, -0.2) is 22.0 Å². The van der Waals surface area contributed by atoms with E-state index in [2.05, 4.69) is 27.9 Å². The van der Waals surface area contributed by atoms with Crippen molar-refractivity contribution in [1.82, 2.24) is 5.32 Å². The third-order valence-electron chi connectivity index (χ3n) is 2.55. The lowest BCUT2D eigenvalue weighted by Gasteiger charge is -2.07. The van der Waals surface area contributed by atoms with Crippen molar-refractivity contribution >= 4 is 40.1 Å². The highest BCUT2D eigenvalue weighted by atomic mass is 127. The lowest BCUT2D eigenvalue weighted by atomic mass is 10.1. The summed E-state index contributed by atoms with van der Waals surface area (Å²) in [6.45, 7) is 0.641. The molecule has 0 spiro atoms. The van der Waals surface area contributed by atoms with Gasteiger partial charge in [0, 0.05) is 11.6 Å². The first-order chi connectivity index (χ1) is 8.65. The number of benzene rings is 1. The van der Waals surface area contributed by atoms with Crippen LogP contribution in [0.25, 0.3) is 0 Å². The summed E-state index contributed by atoms with van der Waals surface area (Å²) < 4.78 is 1.18. The van der Waals surface area contributed by atoms with Crippen LogP contribution in [0.15, 0.2) is 18.2 Å². The van der Waals surface area contributed by atoms with Crippen LogP contribution in [0.1, 0.15) is 36.0 Å². The van der Waals surface area contributed by atoms with E-state index in [0.29, 0.717) is 11.6 Å². The molecule has 1 rings (SSSR count). The number of amides is 1. The molecule has 1 aromatic rings. The number of unbranched alkanes of at least 4 members (excludes halogenated alkanes) is 3. The summed E-state index contributed by atoms with van der Waals surface area (Å²) in [4.78, 5) is 11.8. The van der Waals surface area contributed by atoms with Gasteiger partial charge in [-0.05, 0) is 35.5 Å². The fourth-order valence-corrected chi connectivity index (χ4v) is 2.27. The van der Waals surface area contributed by atoms with Crippen molar-refractivity contribution in [1.29, 1.82) is 0 Å². The van der Waals surface area contributed by atoms with E-state index >= 15 is 0 Å². The quantitative estimate of drug-likeness (QED) is 0.429. The number of nitrogens with one attached hydrogen (secondary N) is 1. The van der Waals surface area contributed by atoms with Gasteiger partial charge in [-0.3, -0.25) is 4.79 Å². The Hall–Kier alpha value is -0.490. The molecule has 0 heterocycles. The number of carbonyl (C=O) groups excluding carboxylic acids is 1. The minimum Gasteiger partial charge on any atom is -0.507 e. The molecule has 0 saturated heterocycles. The van der Waals surface area contributed by atoms with Crippen LogP contribution in [-0.2, 0) is 0 Å². The van der Waals surface area contributed by atoms with Crippen LogP contribution >= 0.6 is 34.2 Å². The average Bonchev–Trinajstić information content (AvgIpc) is 2.33. The molecule has 18 heavy (non-hydrogen) atoms. The Morgan fingerprint density at radius 2 is 2.00 bits per heavy atom. The van der Waals surface area contributed by atoms with E-state index in [4.69, 9.17) is 11.6 Å². The highest BCUT2D eigenvalue weighted by molar-refractivity contribution is 14.1. The molecule has 0 aliphatic carbocycles. The van der Waals surface area contributed by atoms with Gasteiger partial charge in [-0.15, -0.1) is 0 Å². The predicted molar refractivity (Wildman–Crippen MR) is 82.8 cm³/mol. The minimum absolute atomic E-state index is 0.0788. The average molecular weight is 382 g/mol. The Kier molecular flexibility index (Phi) is 7.42. The second-order valence-corrected chi connectivity index (χ2v) is 5.54. The van der Waals surface area contributed by atoms with Crippen molar-refractivity contribution in [2.45, 2.75) is 25.7 Å². The van der Waals surface area contributed by atoms with Crippen LogP contribution in [0.5, 0.6) is 5.75 Å². The van der Waals surface area contributed by atoms with Crippen LogP contribution in [0, 0.1) is 0 Å². The molecule has 0 aliphatic rings. The maximum atomic E-state index is 11.8.